The second-order valence-corrected chi connectivity index (χ2v) is 9.89. The highest BCUT2D eigenvalue weighted by Gasteiger charge is 2.45. The number of likely N-dealkylation sites (N-methyl/N-ethyl adjacent to an activating group) is 1. The number of carbonyl (C=O) groups excluding carboxylic acids is 3. The smallest absolute Gasteiger partial charge is 0.229 e. The van der Waals surface area contributed by atoms with Crippen molar-refractivity contribution in [2.75, 3.05) is 31.4 Å². The number of Topliss-reactive ketones (excluding diaryl/α,β-unsaturated/α-hetero) is 1. The second-order valence-electron chi connectivity index (χ2n) is 9.89. The van der Waals surface area contributed by atoms with Gasteiger partial charge in [0.25, 0.3) is 0 Å². The fraction of sp³-hybridized carbons (Fsp3) is 0.357. The van der Waals surface area contributed by atoms with E-state index < -0.39 is 5.41 Å². The molecule has 194 valence electrons. The Hall–Kier alpha value is -3.98. The topological polar surface area (TPSA) is 116 Å². The number of fused-ring (bicyclic) bond motifs is 1. The largest absolute Gasteiger partial charge is 0.383 e. The summed E-state index contributed by atoms with van der Waals surface area (Å²) in [5, 5.41) is 6.12. The predicted octanol–water partition coefficient (Wildman–Crippen LogP) is 4.41. The highest BCUT2D eigenvalue weighted by molar-refractivity contribution is 6.10. The molecule has 0 fully saturated rings. The van der Waals surface area contributed by atoms with Crippen molar-refractivity contribution in [3.8, 4) is 11.3 Å². The fourth-order valence-corrected chi connectivity index (χ4v) is 4.86. The first kappa shape index (κ1) is 26.1. The lowest BCUT2D eigenvalue weighted by atomic mass is 9.73. The van der Waals surface area contributed by atoms with Gasteiger partial charge in [-0.3, -0.25) is 14.4 Å². The summed E-state index contributed by atoms with van der Waals surface area (Å²) in [5.41, 5.74) is 3.26. The third-order valence-electron chi connectivity index (χ3n) is 6.78. The molecule has 2 unspecified atom stereocenters. The summed E-state index contributed by atoms with van der Waals surface area (Å²) in [5.74, 6) is -0.0266. The number of methoxy groups -OCH3 is 1. The number of ketones is 1. The molecule has 2 atom stereocenters. The zero-order valence-electron chi connectivity index (χ0n) is 21.8. The standard InChI is InChI=1S/C28H33N5O4/c1-17(16-37-5)33(4)27(36)28(3)14-21-24(22(35)15-28)26(31-20-9-7-6-8-10-20)25(32-21)19-11-12-29-23(13-19)30-18(2)34/h6-13,17,31-32H,14-16H2,1-5H3,(H,29,30,34). The Labute approximate surface area is 216 Å². The van der Waals surface area contributed by atoms with Crippen LogP contribution in [0.15, 0.2) is 48.7 Å². The number of nitrogens with zero attached hydrogens (tertiary/aromatic N) is 2. The maximum Gasteiger partial charge on any atom is 0.229 e. The van der Waals surface area contributed by atoms with Gasteiger partial charge in [0, 0.05) is 57.1 Å². The van der Waals surface area contributed by atoms with Crippen molar-refractivity contribution in [3.63, 3.8) is 0 Å². The number of pyridine rings is 1. The van der Waals surface area contributed by atoms with Crippen molar-refractivity contribution in [1.29, 1.82) is 0 Å². The number of nitrogens with one attached hydrogen (secondary N) is 3. The molecule has 2 heterocycles. The van der Waals surface area contributed by atoms with E-state index in [1.807, 2.05) is 50.2 Å². The summed E-state index contributed by atoms with van der Waals surface area (Å²) >= 11 is 0. The molecule has 37 heavy (non-hydrogen) atoms. The van der Waals surface area contributed by atoms with Gasteiger partial charge in [0.2, 0.25) is 11.8 Å². The van der Waals surface area contributed by atoms with Crippen LogP contribution in [0, 0.1) is 5.41 Å². The first-order chi connectivity index (χ1) is 17.6. The van der Waals surface area contributed by atoms with Crippen molar-refractivity contribution in [2.24, 2.45) is 5.41 Å². The number of para-hydroxylation sites is 1. The zero-order chi connectivity index (χ0) is 26.7. The summed E-state index contributed by atoms with van der Waals surface area (Å²) < 4.78 is 5.22. The van der Waals surface area contributed by atoms with Gasteiger partial charge in [-0.25, -0.2) is 4.98 Å². The maximum absolute atomic E-state index is 13.7. The molecule has 0 saturated carbocycles. The number of H-pyrrole nitrogens is 1. The van der Waals surface area contributed by atoms with Crippen LogP contribution in [0.5, 0.6) is 0 Å². The zero-order valence-corrected chi connectivity index (χ0v) is 21.8. The average Bonchev–Trinajstić information content (AvgIpc) is 3.21. The van der Waals surface area contributed by atoms with E-state index in [0.717, 1.165) is 11.3 Å². The molecule has 0 spiro atoms. The molecular weight excluding hydrogens is 470 g/mol. The third kappa shape index (κ3) is 5.41. The molecule has 1 aliphatic carbocycles. The molecule has 2 amide bonds. The number of hydrogen-bond acceptors (Lipinski definition) is 6. The Morgan fingerprint density at radius 3 is 2.62 bits per heavy atom. The van der Waals surface area contributed by atoms with E-state index >= 15 is 0 Å². The van der Waals surface area contributed by atoms with Gasteiger partial charge in [0.15, 0.2) is 5.78 Å². The molecule has 0 radical (unpaired) electrons. The number of amides is 2. The molecule has 3 aromatic rings. The summed E-state index contributed by atoms with van der Waals surface area (Å²) in [7, 11) is 3.35. The van der Waals surface area contributed by atoms with Crippen LogP contribution in [0.1, 0.15) is 43.2 Å². The Kier molecular flexibility index (Phi) is 7.45. The highest BCUT2D eigenvalue weighted by atomic mass is 16.5. The van der Waals surface area contributed by atoms with Gasteiger partial charge in [-0.15, -0.1) is 0 Å². The number of aromatic nitrogens is 2. The van der Waals surface area contributed by atoms with Gasteiger partial charge >= 0.3 is 0 Å². The lowest BCUT2D eigenvalue weighted by Crippen LogP contribution is -2.49. The van der Waals surface area contributed by atoms with Crippen molar-refractivity contribution < 1.29 is 19.1 Å². The minimum Gasteiger partial charge on any atom is -0.383 e. The summed E-state index contributed by atoms with van der Waals surface area (Å²) in [4.78, 5) is 48.1. The minimum atomic E-state index is -0.896. The predicted molar refractivity (Wildman–Crippen MR) is 143 cm³/mol. The van der Waals surface area contributed by atoms with Crippen LogP contribution in [0.3, 0.4) is 0 Å². The van der Waals surface area contributed by atoms with Gasteiger partial charge in [-0.1, -0.05) is 18.2 Å². The molecule has 0 aliphatic heterocycles. The van der Waals surface area contributed by atoms with Crippen molar-refractivity contribution in [3.05, 3.63) is 59.9 Å². The van der Waals surface area contributed by atoms with Crippen molar-refractivity contribution in [2.45, 2.75) is 39.7 Å². The molecule has 1 aliphatic rings. The number of anilines is 3. The first-order valence-electron chi connectivity index (χ1n) is 12.2. The number of carbonyl (C=O) groups is 3. The molecular formula is C28H33N5O4. The second kappa shape index (κ2) is 10.6. The van der Waals surface area contributed by atoms with Gasteiger partial charge < -0.3 is 25.3 Å². The van der Waals surface area contributed by atoms with E-state index in [1.165, 1.54) is 6.92 Å². The molecule has 0 saturated heterocycles. The molecule has 2 aromatic heterocycles. The van der Waals surface area contributed by atoms with Gasteiger partial charge in [-0.05, 0) is 38.1 Å². The Morgan fingerprint density at radius 2 is 1.95 bits per heavy atom. The van der Waals surface area contributed by atoms with Gasteiger partial charge in [-0.2, -0.15) is 0 Å². The molecule has 4 rings (SSSR count). The highest BCUT2D eigenvalue weighted by Crippen LogP contribution is 2.44. The van der Waals surface area contributed by atoms with Crippen LogP contribution in [0.4, 0.5) is 17.2 Å². The van der Waals surface area contributed by atoms with Gasteiger partial charge in [0.1, 0.15) is 5.82 Å². The summed E-state index contributed by atoms with van der Waals surface area (Å²) in [6.45, 7) is 5.60. The Morgan fingerprint density at radius 1 is 1.22 bits per heavy atom. The third-order valence-corrected chi connectivity index (χ3v) is 6.78. The maximum atomic E-state index is 13.7. The number of benzene rings is 1. The normalized spacial score (nSPS) is 17.6. The minimum absolute atomic E-state index is 0.0944. The van der Waals surface area contributed by atoms with E-state index in [9.17, 15) is 14.4 Å². The molecule has 9 nitrogen and oxygen atoms in total. The molecule has 9 heteroatoms. The molecule has 1 aromatic carbocycles. The van der Waals surface area contributed by atoms with E-state index in [-0.39, 0.29) is 30.1 Å². The number of rotatable bonds is 8. The van der Waals surface area contributed by atoms with E-state index in [4.69, 9.17) is 4.74 Å². The molecule has 3 N–H and O–H groups in total. The van der Waals surface area contributed by atoms with Crippen LogP contribution < -0.4 is 10.6 Å². The lowest BCUT2D eigenvalue weighted by Gasteiger charge is -2.37. The number of aromatic amines is 1. The van der Waals surface area contributed by atoms with E-state index in [0.29, 0.717) is 41.5 Å². The van der Waals surface area contributed by atoms with E-state index in [2.05, 4.69) is 20.6 Å². The van der Waals surface area contributed by atoms with Crippen LogP contribution in [0.25, 0.3) is 11.3 Å². The lowest BCUT2D eigenvalue weighted by molar-refractivity contribution is -0.142. The number of hydrogen-bond donors (Lipinski definition) is 3. The monoisotopic (exact) mass is 503 g/mol. The fourth-order valence-electron chi connectivity index (χ4n) is 4.86. The van der Waals surface area contributed by atoms with Gasteiger partial charge in [0.05, 0.1) is 35.0 Å². The number of ether oxygens (including phenoxy) is 1. The van der Waals surface area contributed by atoms with Crippen LogP contribution in [-0.2, 0) is 20.7 Å². The van der Waals surface area contributed by atoms with Crippen LogP contribution >= 0.6 is 0 Å². The summed E-state index contributed by atoms with van der Waals surface area (Å²) in [6, 6.07) is 13.0. The first-order valence-corrected chi connectivity index (χ1v) is 12.2. The summed E-state index contributed by atoms with van der Waals surface area (Å²) in [6.07, 6.45) is 2.08. The van der Waals surface area contributed by atoms with Crippen molar-refractivity contribution >= 4 is 34.8 Å². The SMILES string of the molecule is COCC(C)N(C)C(=O)C1(C)CC(=O)c2c([nH]c(-c3ccnc(NC(C)=O)c3)c2Nc2ccccc2)C1. The van der Waals surface area contributed by atoms with Crippen molar-refractivity contribution in [1.82, 2.24) is 14.9 Å². The average molecular weight is 504 g/mol. The van der Waals surface area contributed by atoms with Crippen LogP contribution in [-0.4, -0.2) is 59.3 Å². The molecule has 0 bridgehead atoms. The quantitative estimate of drug-likeness (QED) is 0.419. The Bertz CT molecular complexity index is 1320. The Balaban J connectivity index is 1.78. The van der Waals surface area contributed by atoms with Crippen LogP contribution in [0.2, 0.25) is 0 Å². The van der Waals surface area contributed by atoms with E-state index in [1.54, 1.807) is 31.3 Å².